The Morgan fingerprint density at radius 1 is 1.26 bits per heavy atom. The van der Waals surface area contributed by atoms with E-state index in [1.54, 1.807) is 0 Å². The third-order valence-corrected chi connectivity index (χ3v) is 5.94. The van der Waals surface area contributed by atoms with Crippen LogP contribution in [0.5, 0.6) is 0 Å². The van der Waals surface area contributed by atoms with E-state index >= 15 is 0 Å². The van der Waals surface area contributed by atoms with Crippen LogP contribution in [0.3, 0.4) is 0 Å². The maximum absolute atomic E-state index is 11.2. The van der Waals surface area contributed by atoms with Crippen LogP contribution >= 0.6 is 15.9 Å². The van der Waals surface area contributed by atoms with E-state index in [2.05, 4.69) is 21.0 Å². The van der Waals surface area contributed by atoms with Crippen molar-refractivity contribution in [1.29, 1.82) is 0 Å². The van der Waals surface area contributed by atoms with Gasteiger partial charge in [0.2, 0.25) is 0 Å². The van der Waals surface area contributed by atoms with Gasteiger partial charge in [-0.05, 0) is 72.2 Å². The molecule has 4 fully saturated rings. The highest BCUT2D eigenvalue weighted by molar-refractivity contribution is 9.10. The molecule has 4 nitrogen and oxygen atoms in total. The van der Waals surface area contributed by atoms with Crippen molar-refractivity contribution in [1.82, 2.24) is 9.78 Å². The molecule has 5 heteroatoms. The van der Waals surface area contributed by atoms with Gasteiger partial charge in [-0.3, -0.25) is 4.68 Å². The molecule has 4 aliphatic rings. The molecule has 1 N–H and O–H groups in total. The van der Waals surface area contributed by atoms with E-state index in [1.165, 1.54) is 38.5 Å². The van der Waals surface area contributed by atoms with Crippen molar-refractivity contribution in [3.63, 3.8) is 0 Å². The first-order valence-electron chi connectivity index (χ1n) is 7.05. The molecule has 0 saturated heterocycles. The highest BCUT2D eigenvalue weighted by Crippen LogP contribution is 2.58. The van der Waals surface area contributed by atoms with Crippen molar-refractivity contribution in [3.05, 3.63) is 16.4 Å². The van der Waals surface area contributed by atoms with Crippen LogP contribution in [0.1, 0.15) is 49.0 Å². The summed E-state index contributed by atoms with van der Waals surface area (Å²) in [7, 11) is 0. The van der Waals surface area contributed by atoms with E-state index in [-0.39, 0.29) is 11.2 Å². The first-order valence-corrected chi connectivity index (χ1v) is 7.84. The lowest BCUT2D eigenvalue weighted by Crippen LogP contribution is -2.52. The lowest BCUT2D eigenvalue weighted by Gasteiger charge is -2.56. The summed E-state index contributed by atoms with van der Waals surface area (Å²) in [6.45, 7) is 0. The molecule has 0 atom stereocenters. The second kappa shape index (κ2) is 3.84. The Hall–Kier alpha value is -0.840. The third-order valence-electron chi connectivity index (χ3n) is 5.36. The van der Waals surface area contributed by atoms with Gasteiger partial charge in [-0.1, -0.05) is 0 Å². The van der Waals surface area contributed by atoms with E-state index in [1.807, 2.05) is 10.9 Å². The normalized spacial score (nSPS) is 39.7. The number of rotatable bonds is 2. The van der Waals surface area contributed by atoms with Crippen molar-refractivity contribution in [2.24, 2.45) is 17.8 Å². The Kier molecular flexibility index (Phi) is 2.41. The summed E-state index contributed by atoms with van der Waals surface area (Å²) >= 11 is 3.33. The topological polar surface area (TPSA) is 55.1 Å². The second-order valence-corrected chi connectivity index (χ2v) is 7.57. The molecule has 0 amide bonds. The van der Waals surface area contributed by atoms with E-state index < -0.39 is 5.97 Å². The molecule has 1 aromatic heterocycles. The Balaban J connectivity index is 1.75. The molecule has 0 aromatic carbocycles. The highest BCUT2D eigenvalue weighted by atomic mass is 79.9. The summed E-state index contributed by atoms with van der Waals surface area (Å²) in [4.78, 5) is 11.2. The summed E-state index contributed by atoms with van der Waals surface area (Å²) in [5.74, 6) is 1.56. The highest BCUT2D eigenvalue weighted by Gasteiger charge is 2.52. The van der Waals surface area contributed by atoms with Gasteiger partial charge in [0.15, 0.2) is 5.69 Å². The quantitative estimate of drug-likeness (QED) is 0.908. The fourth-order valence-electron chi connectivity index (χ4n) is 5.09. The summed E-state index contributed by atoms with van der Waals surface area (Å²) in [6.07, 6.45) is 9.59. The smallest absolute Gasteiger partial charge is 0.357 e. The zero-order valence-electron chi connectivity index (χ0n) is 10.7. The molecule has 0 unspecified atom stereocenters. The van der Waals surface area contributed by atoms with Crippen molar-refractivity contribution in [3.8, 4) is 0 Å². The minimum Gasteiger partial charge on any atom is -0.476 e. The van der Waals surface area contributed by atoms with Crippen LogP contribution in [0.4, 0.5) is 0 Å². The lowest BCUT2D eigenvalue weighted by molar-refractivity contribution is -0.0495. The molecule has 0 spiro atoms. The van der Waals surface area contributed by atoms with Gasteiger partial charge in [0, 0.05) is 6.20 Å². The molecule has 4 aliphatic carbocycles. The number of aromatic carboxylic acids is 1. The lowest BCUT2D eigenvalue weighted by atomic mass is 9.53. The van der Waals surface area contributed by atoms with Crippen LogP contribution in [-0.4, -0.2) is 20.9 Å². The van der Waals surface area contributed by atoms with Gasteiger partial charge in [-0.15, -0.1) is 0 Å². The number of carbonyl (C=O) groups is 1. The Labute approximate surface area is 120 Å². The number of halogens is 1. The van der Waals surface area contributed by atoms with Gasteiger partial charge in [0.25, 0.3) is 0 Å². The summed E-state index contributed by atoms with van der Waals surface area (Å²) in [5.41, 5.74) is 0.251. The van der Waals surface area contributed by atoms with Gasteiger partial charge in [-0.25, -0.2) is 4.79 Å². The number of hydrogen-bond donors (Lipinski definition) is 1. The minimum atomic E-state index is -0.949. The second-order valence-electron chi connectivity index (χ2n) is 6.72. The maximum Gasteiger partial charge on any atom is 0.357 e. The van der Waals surface area contributed by atoms with E-state index in [0.29, 0.717) is 4.47 Å². The number of carboxylic acid groups (broad SMARTS) is 1. The fraction of sp³-hybridized carbons (Fsp3) is 0.714. The molecule has 0 radical (unpaired) electrons. The number of hydrogen-bond acceptors (Lipinski definition) is 2. The van der Waals surface area contributed by atoms with Crippen LogP contribution in [0.15, 0.2) is 10.7 Å². The average Bonchev–Trinajstić information content (AvgIpc) is 2.70. The Morgan fingerprint density at radius 3 is 2.21 bits per heavy atom. The molecule has 102 valence electrons. The molecule has 1 aromatic rings. The first kappa shape index (κ1) is 11.9. The van der Waals surface area contributed by atoms with Crippen molar-refractivity contribution in [2.75, 3.05) is 0 Å². The largest absolute Gasteiger partial charge is 0.476 e. The minimum absolute atomic E-state index is 0.102. The predicted molar refractivity (Wildman–Crippen MR) is 73.0 cm³/mol. The predicted octanol–water partition coefficient (Wildman–Crippen LogP) is 3.27. The van der Waals surface area contributed by atoms with Crippen LogP contribution in [0.2, 0.25) is 0 Å². The SMILES string of the molecule is O=C(O)c1nn(C23CC4CC(CC(C4)C2)C3)cc1Br. The maximum atomic E-state index is 11.2. The van der Waals surface area contributed by atoms with Crippen molar-refractivity contribution in [2.45, 2.75) is 44.1 Å². The molecule has 4 saturated carbocycles. The van der Waals surface area contributed by atoms with E-state index in [0.717, 1.165) is 17.8 Å². The Morgan fingerprint density at radius 2 is 1.79 bits per heavy atom. The molecule has 19 heavy (non-hydrogen) atoms. The van der Waals surface area contributed by atoms with Gasteiger partial charge >= 0.3 is 5.97 Å². The summed E-state index contributed by atoms with van der Waals surface area (Å²) in [6, 6.07) is 0. The molecular weight excluding hydrogens is 308 g/mol. The zero-order valence-corrected chi connectivity index (χ0v) is 12.3. The van der Waals surface area contributed by atoms with Crippen LogP contribution in [0.25, 0.3) is 0 Å². The first-order chi connectivity index (χ1) is 9.06. The molecular formula is C14H17BrN2O2. The number of aromatic nitrogens is 2. The molecule has 0 aliphatic heterocycles. The zero-order chi connectivity index (χ0) is 13.2. The average molecular weight is 325 g/mol. The summed E-state index contributed by atoms with van der Waals surface area (Å²) in [5, 5.41) is 13.5. The van der Waals surface area contributed by atoms with Crippen molar-refractivity contribution < 1.29 is 9.90 Å². The van der Waals surface area contributed by atoms with Gasteiger partial charge < -0.3 is 5.11 Å². The third kappa shape index (κ3) is 1.70. The van der Waals surface area contributed by atoms with Gasteiger partial charge in [-0.2, -0.15) is 5.10 Å². The summed E-state index contributed by atoms with van der Waals surface area (Å²) < 4.78 is 2.58. The number of nitrogens with zero attached hydrogens (tertiary/aromatic N) is 2. The Bertz CT molecular complexity index is 516. The monoisotopic (exact) mass is 324 g/mol. The molecule has 1 heterocycles. The fourth-order valence-corrected chi connectivity index (χ4v) is 5.53. The molecule has 5 rings (SSSR count). The van der Waals surface area contributed by atoms with Crippen LogP contribution < -0.4 is 0 Å². The van der Waals surface area contributed by atoms with Crippen LogP contribution in [0, 0.1) is 17.8 Å². The van der Waals surface area contributed by atoms with E-state index in [9.17, 15) is 4.79 Å². The molecule has 4 bridgehead atoms. The van der Waals surface area contributed by atoms with Crippen molar-refractivity contribution >= 4 is 21.9 Å². The van der Waals surface area contributed by atoms with Gasteiger partial charge in [0.1, 0.15) is 0 Å². The van der Waals surface area contributed by atoms with E-state index in [4.69, 9.17) is 5.11 Å². The van der Waals surface area contributed by atoms with Gasteiger partial charge in [0.05, 0.1) is 10.0 Å². The standard InChI is InChI=1S/C14H17BrN2O2/c15-11-7-17(16-12(11)13(18)19)14-4-8-1-9(5-14)3-10(2-8)6-14/h7-10H,1-6H2,(H,18,19). The van der Waals surface area contributed by atoms with Crippen LogP contribution in [-0.2, 0) is 5.54 Å². The number of carboxylic acids is 1.